The number of nitrogen functional groups attached to an aromatic ring is 1. The lowest BCUT2D eigenvalue weighted by atomic mass is 10.2. The molecule has 3 rings (SSSR count). The van der Waals surface area contributed by atoms with Crippen LogP contribution in [0, 0.1) is 0 Å². The molecule has 100 valence electrons. The van der Waals surface area contributed by atoms with E-state index in [1.54, 1.807) is 30.3 Å². The van der Waals surface area contributed by atoms with Crippen LogP contribution in [0.4, 0.5) is 5.82 Å². The van der Waals surface area contributed by atoms with Gasteiger partial charge < -0.3 is 5.43 Å². The highest BCUT2D eigenvalue weighted by atomic mass is 32.2. The molecule has 6 nitrogen and oxygen atoms in total. The minimum absolute atomic E-state index is 0.0997. The highest BCUT2D eigenvalue weighted by Gasteiger charge is 2.27. The van der Waals surface area contributed by atoms with Gasteiger partial charge in [0.25, 0.3) is 0 Å². The van der Waals surface area contributed by atoms with Gasteiger partial charge in [-0.1, -0.05) is 0 Å². The van der Waals surface area contributed by atoms with E-state index in [1.807, 2.05) is 0 Å². The molecule has 19 heavy (non-hydrogen) atoms. The van der Waals surface area contributed by atoms with Gasteiger partial charge in [-0.05, 0) is 43.2 Å². The van der Waals surface area contributed by atoms with E-state index in [2.05, 4.69) is 15.1 Å². The Morgan fingerprint density at radius 3 is 2.68 bits per heavy atom. The second-order valence-corrected chi connectivity index (χ2v) is 6.30. The normalized spacial score (nSPS) is 15.6. The number of hydrazine groups is 1. The Bertz CT molecular complexity index is 726. The first-order valence-corrected chi connectivity index (χ1v) is 7.46. The predicted octanol–water partition coefficient (Wildman–Crippen LogP) is 0.961. The summed E-state index contributed by atoms with van der Waals surface area (Å²) in [6.07, 6.45) is 1.83. The zero-order chi connectivity index (χ0) is 13.5. The lowest BCUT2D eigenvalue weighted by molar-refractivity contribution is 0.581. The minimum atomic E-state index is -3.42. The van der Waals surface area contributed by atoms with Crippen molar-refractivity contribution in [3.05, 3.63) is 30.3 Å². The molecule has 1 fully saturated rings. The molecule has 1 aliphatic carbocycles. The van der Waals surface area contributed by atoms with Crippen LogP contribution < -0.4 is 16.0 Å². The maximum Gasteiger partial charge on any atom is 0.240 e. The molecule has 0 amide bonds. The predicted molar refractivity (Wildman–Crippen MR) is 72.9 cm³/mol. The molecule has 4 N–H and O–H groups in total. The van der Waals surface area contributed by atoms with Crippen molar-refractivity contribution in [3.8, 4) is 0 Å². The first kappa shape index (κ1) is 12.3. The fourth-order valence-corrected chi connectivity index (χ4v) is 3.18. The van der Waals surface area contributed by atoms with Gasteiger partial charge in [0.15, 0.2) is 0 Å². The Balaban J connectivity index is 2.01. The summed E-state index contributed by atoms with van der Waals surface area (Å²) < 4.78 is 26.8. The number of sulfonamides is 1. The van der Waals surface area contributed by atoms with Crippen LogP contribution in [0.5, 0.6) is 0 Å². The highest BCUT2D eigenvalue weighted by Crippen LogP contribution is 2.24. The summed E-state index contributed by atoms with van der Waals surface area (Å²) in [4.78, 5) is 4.50. The van der Waals surface area contributed by atoms with Crippen molar-refractivity contribution in [2.24, 2.45) is 5.84 Å². The molecule has 1 aliphatic rings. The summed E-state index contributed by atoms with van der Waals surface area (Å²) in [6, 6.07) is 8.44. The minimum Gasteiger partial charge on any atom is -0.308 e. The molecule has 0 unspecified atom stereocenters. The summed E-state index contributed by atoms with van der Waals surface area (Å²) in [5, 5.41) is 0.762. The first-order chi connectivity index (χ1) is 9.08. The Hall–Kier alpha value is -1.70. The van der Waals surface area contributed by atoms with E-state index < -0.39 is 10.0 Å². The molecule has 0 spiro atoms. The molecule has 0 radical (unpaired) electrons. The molecular weight excluding hydrogens is 264 g/mol. The third-order valence-corrected chi connectivity index (χ3v) is 4.54. The van der Waals surface area contributed by atoms with Crippen molar-refractivity contribution in [2.45, 2.75) is 23.8 Å². The molecule has 1 heterocycles. The molecule has 1 aromatic carbocycles. The summed E-state index contributed by atoms with van der Waals surface area (Å²) in [6.45, 7) is 0. The fraction of sp³-hybridized carbons (Fsp3) is 0.250. The number of benzene rings is 1. The molecular formula is C12H14N4O2S. The highest BCUT2D eigenvalue weighted by molar-refractivity contribution is 7.89. The van der Waals surface area contributed by atoms with Gasteiger partial charge in [-0.25, -0.2) is 24.0 Å². The number of aromatic nitrogens is 1. The van der Waals surface area contributed by atoms with Gasteiger partial charge in [-0.3, -0.25) is 0 Å². The van der Waals surface area contributed by atoms with Crippen molar-refractivity contribution in [2.75, 3.05) is 5.43 Å². The van der Waals surface area contributed by atoms with Gasteiger partial charge >= 0.3 is 0 Å². The maximum absolute atomic E-state index is 12.1. The standard InChI is InChI=1S/C12H14N4O2S/c13-15-12-6-1-8-7-10(4-5-11(8)14-12)19(17,18)16-9-2-3-9/h1,4-7,9,16H,2-3,13H2,(H,14,15). The third-order valence-electron chi connectivity index (χ3n) is 3.02. The number of fused-ring (bicyclic) bond motifs is 1. The molecule has 1 saturated carbocycles. The second kappa shape index (κ2) is 4.44. The number of nitrogens with two attached hydrogens (primary N) is 1. The molecule has 2 aromatic rings. The smallest absolute Gasteiger partial charge is 0.240 e. The van der Waals surface area contributed by atoms with Gasteiger partial charge in [-0.15, -0.1) is 0 Å². The van der Waals surface area contributed by atoms with Crippen molar-refractivity contribution in [1.29, 1.82) is 0 Å². The summed E-state index contributed by atoms with van der Waals surface area (Å²) >= 11 is 0. The summed E-state index contributed by atoms with van der Waals surface area (Å²) in [5.74, 6) is 5.82. The topological polar surface area (TPSA) is 97.1 Å². The van der Waals surface area contributed by atoms with Gasteiger partial charge in [0, 0.05) is 11.4 Å². The van der Waals surface area contributed by atoms with E-state index in [9.17, 15) is 8.42 Å². The molecule has 0 atom stereocenters. The number of pyridine rings is 1. The second-order valence-electron chi connectivity index (χ2n) is 4.59. The van der Waals surface area contributed by atoms with Crippen LogP contribution in [-0.4, -0.2) is 19.4 Å². The van der Waals surface area contributed by atoms with E-state index >= 15 is 0 Å². The summed E-state index contributed by atoms with van der Waals surface area (Å²) in [5.41, 5.74) is 3.15. The largest absolute Gasteiger partial charge is 0.308 e. The zero-order valence-corrected chi connectivity index (χ0v) is 10.9. The van der Waals surface area contributed by atoms with Crippen molar-refractivity contribution in [1.82, 2.24) is 9.71 Å². The molecule has 1 aromatic heterocycles. The lowest BCUT2D eigenvalue weighted by Gasteiger charge is -2.07. The Morgan fingerprint density at radius 1 is 1.21 bits per heavy atom. The quantitative estimate of drug-likeness (QED) is 0.572. The van der Waals surface area contributed by atoms with Crippen LogP contribution in [0.2, 0.25) is 0 Å². The SMILES string of the molecule is NNc1ccc2cc(S(=O)(=O)NC3CC3)ccc2n1. The number of anilines is 1. The monoisotopic (exact) mass is 278 g/mol. The van der Waals surface area contributed by atoms with Crippen LogP contribution in [0.1, 0.15) is 12.8 Å². The van der Waals surface area contributed by atoms with Crippen LogP contribution in [0.15, 0.2) is 35.2 Å². The lowest BCUT2D eigenvalue weighted by Crippen LogP contribution is -2.25. The van der Waals surface area contributed by atoms with Crippen LogP contribution >= 0.6 is 0 Å². The fourth-order valence-electron chi connectivity index (χ4n) is 1.84. The van der Waals surface area contributed by atoms with Crippen LogP contribution in [-0.2, 0) is 10.0 Å². The Kier molecular flexibility index (Phi) is 2.89. The van der Waals surface area contributed by atoms with E-state index in [1.165, 1.54) is 0 Å². The van der Waals surface area contributed by atoms with Crippen LogP contribution in [0.3, 0.4) is 0 Å². The van der Waals surface area contributed by atoms with Crippen molar-refractivity contribution in [3.63, 3.8) is 0 Å². The van der Waals surface area contributed by atoms with E-state index in [4.69, 9.17) is 5.84 Å². The van der Waals surface area contributed by atoms with Crippen molar-refractivity contribution >= 4 is 26.7 Å². The van der Waals surface area contributed by atoms with Gasteiger partial charge in [-0.2, -0.15) is 0 Å². The molecule has 0 saturated heterocycles. The maximum atomic E-state index is 12.1. The first-order valence-electron chi connectivity index (χ1n) is 5.98. The zero-order valence-electron chi connectivity index (χ0n) is 10.1. The van der Waals surface area contributed by atoms with Gasteiger partial charge in [0.1, 0.15) is 5.82 Å². The molecule has 7 heteroatoms. The average molecular weight is 278 g/mol. The van der Waals surface area contributed by atoms with E-state index in [-0.39, 0.29) is 10.9 Å². The van der Waals surface area contributed by atoms with Gasteiger partial charge in [0.05, 0.1) is 10.4 Å². The molecule has 0 bridgehead atoms. The molecule has 0 aliphatic heterocycles. The average Bonchev–Trinajstić information content (AvgIpc) is 3.20. The number of nitrogens with one attached hydrogen (secondary N) is 2. The number of rotatable bonds is 4. The van der Waals surface area contributed by atoms with Crippen LogP contribution in [0.25, 0.3) is 10.9 Å². The Morgan fingerprint density at radius 2 is 2.00 bits per heavy atom. The number of nitrogens with zero attached hydrogens (tertiary/aromatic N) is 1. The van der Waals surface area contributed by atoms with Gasteiger partial charge in [0.2, 0.25) is 10.0 Å². The van der Waals surface area contributed by atoms with Crippen molar-refractivity contribution < 1.29 is 8.42 Å². The Labute approximate surface area is 111 Å². The number of hydrogen-bond acceptors (Lipinski definition) is 5. The van der Waals surface area contributed by atoms with E-state index in [0.717, 1.165) is 18.2 Å². The number of hydrogen-bond donors (Lipinski definition) is 3. The summed E-state index contributed by atoms with van der Waals surface area (Å²) in [7, 11) is -3.42. The van der Waals surface area contributed by atoms with E-state index in [0.29, 0.717) is 11.3 Å². The third kappa shape index (κ3) is 2.53.